The first-order valence-electron chi connectivity index (χ1n) is 6.56. The van der Waals surface area contributed by atoms with Crippen LogP contribution in [0.4, 0.5) is 0 Å². The lowest BCUT2D eigenvalue weighted by molar-refractivity contribution is 0.0638. The molecule has 0 aliphatic carbocycles. The predicted molar refractivity (Wildman–Crippen MR) is 76.3 cm³/mol. The van der Waals surface area contributed by atoms with E-state index in [1.54, 1.807) is 29.3 Å². The molecule has 1 aliphatic heterocycles. The minimum absolute atomic E-state index is 0.0617. The highest BCUT2D eigenvalue weighted by atomic mass is 32.2. The van der Waals surface area contributed by atoms with Crippen molar-refractivity contribution in [1.29, 1.82) is 0 Å². The molecule has 2 rings (SSSR count). The maximum atomic E-state index is 12.2. The maximum Gasteiger partial charge on any atom is 0.272 e. The first kappa shape index (κ1) is 14.9. The van der Waals surface area contributed by atoms with Crippen LogP contribution in [-0.4, -0.2) is 73.8 Å². The molecule has 0 bridgehead atoms. The Morgan fingerprint density at radius 1 is 1.25 bits per heavy atom. The Bertz CT molecular complexity index is 551. The van der Waals surface area contributed by atoms with Crippen molar-refractivity contribution in [2.24, 2.45) is 0 Å². The molecule has 1 saturated heterocycles. The molecule has 6 nitrogen and oxygen atoms in total. The third kappa shape index (κ3) is 4.28. The molecule has 0 atom stereocenters. The molecule has 1 fully saturated rings. The summed E-state index contributed by atoms with van der Waals surface area (Å²) in [7, 11) is -2.93. The van der Waals surface area contributed by atoms with Crippen molar-refractivity contribution in [3.8, 4) is 0 Å². The van der Waals surface area contributed by atoms with E-state index in [2.05, 4.69) is 9.88 Å². The van der Waals surface area contributed by atoms with Crippen molar-refractivity contribution >= 4 is 15.7 Å². The lowest BCUT2D eigenvalue weighted by Gasteiger charge is -2.34. The number of nitrogens with zero attached hydrogens (tertiary/aromatic N) is 3. The van der Waals surface area contributed by atoms with Gasteiger partial charge in [0.2, 0.25) is 0 Å². The Labute approximate surface area is 119 Å². The second kappa shape index (κ2) is 6.32. The molecule has 0 unspecified atom stereocenters. The minimum Gasteiger partial charge on any atom is -0.335 e. The van der Waals surface area contributed by atoms with Crippen LogP contribution in [0.25, 0.3) is 0 Å². The highest BCUT2D eigenvalue weighted by molar-refractivity contribution is 7.90. The lowest BCUT2D eigenvalue weighted by atomic mass is 10.2. The Balaban J connectivity index is 1.84. The Kier molecular flexibility index (Phi) is 4.72. The van der Waals surface area contributed by atoms with Crippen LogP contribution in [0.1, 0.15) is 10.5 Å². The van der Waals surface area contributed by atoms with Crippen molar-refractivity contribution in [2.75, 3.05) is 44.7 Å². The van der Waals surface area contributed by atoms with Crippen LogP contribution >= 0.6 is 0 Å². The fourth-order valence-corrected chi connectivity index (χ4v) is 2.71. The van der Waals surface area contributed by atoms with E-state index in [9.17, 15) is 13.2 Å². The summed E-state index contributed by atoms with van der Waals surface area (Å²) >= 11 is 0. The number of aromatic nitrogens is 1. The Morgan fingerprint density at radius 3 is 2.50 bits per heavy atom. The van der Waals surface area contributed by atoms with Crippen LogP contribution < -0.4 is 0 Å². The third-order valence-electron chi connectivity index (χ3n) is 3.32. The fourth-order valence-electron chi connectivity index (χ4n) is 2.12. The summed E-state index contributed by atoms with van der Waals surface area (Å²) in [5, 5.41) is 0. The summed E-state index contributed by atoms with van der Waals surface area (Å²) in [6.07, 6.45) is 2.85. The van der Waals surface area contributed by atoms with Gasteiger partial charge in [0.05, 0.1) is 5.75 Å². The summed E-state index contributed by atoms with van der Waals surface area (Å²) < 4.78 is 22.3. The molecule has 0 radical (unpaired) electrons. The Morgan fingerprint density at radius 2 is 1.95 bits per heavy atom. The van der Waals surface area contributed by atoms with Crippen LogP contribution in [0.2, 0.25) is 0 Å². The van der Waals surface area contributed by atoms with Crippen molar-refractivity contribution in [3.05, 3.63) is 30.1 Å². The van der Waals surface area contributed by atoms with Crippen LogP contribution in [-0.2, 0) is 9.84 Å². The molecule has 7 heteroatoms. The van der Waals surface area contributed by atoms with Gasteiger partial charge in [0, 0.05) is 45.2 Å². The number of piperazine rings is 1. The van der Waals surface area contributed by atoms with Gasteiger partial charge in [0.25, 0.3) is 5.91 Å². The van der Waals surface area contributed by atoms with E-state index in [1.807, 2.05) is 0 Å². The van der Waals surface area contributed by atoms with Gasteiger partial charge in [-0.3, -0.25) is 14.7 Å². The normalized spacial score (nSPS) is 17.1. The van der Waals surface area contributed by atoms with E-state index < -0.39 is 9.84 Å². The maximum absolute atomic E-state index is 12.2. The molecule has 1 aromatic heterocycles. The SMILES string of the molecule is CS(=O)(=O)CCN1CCN(C(=O)c2ccccn2)CC1. The molecular weight excluding hydrogens is 278 g/mol. The average molecular weight is 297 g/mol. The molecule has 2 heterocycles. The molecular formula is C13H19N3O3S. The van der Waals surface area contributed by atoms with Gasteiger partial charge >= 0.3 is 0 Å². The van der Waals surface area contributed by atoms with Crippen molar-refractivity contribution in [1.82, 2.24) is 14.8 Å². The molecule has 20 heavy (non-hydrogen) atoms. The quantitative estimate of drug-likeness (QED) is 0.775. The van der Waals surface area contributed by atoms with Gasteiger partial charge < -0.3 is 4.90 Å². The number of rotatable bonds is 4. The second-order valence-corrected chi connectivity index (χ2v) is 7.24. The van der Waals surface area contributed by atoms with Crippen LogP contribution in [0.3, 0.4) is 0 Å². The summed E-state index contributed by atoms with van der Waals surface area (Å²) in [6.45, 7) is 3.16. The first-order valence-corrected chi connectivity index (χ1v) is 8.62. The molecule has 1 aliphatic rings. The number of pyridine rings is 1. The van der Waals surface area contributed by atoms with Gasteiger partial charge in [0.1, 0.15) is 15.5 Å². The summed E-state index contributed by atoms with van der Waals surface area (Å²) in [5.41, 5.74) is 0.456. The largest absolute Gasteiger partial charge is 0.335 e. The molecule has 0 aromatic carbocycles. The lowest BCUT2D eigenvalue weighted by Crippen LogP contribution is -2.49. The van der Waals surface area contributed by atoms with E-state index in [1.165, 1.54) is 6.26 Å². The highest BCUT2D eigenvalue weighted by Crippen LogP contribution is 2.07. The third-order valence-corrected chi connectivity index (χ3v) is 4.25. The highest BCUT2D eigenvalue weighted by Gasteiger charge is 2.23. The minimum atomic E-state index is -2.93. The topological polar surface area (TPSA) is 70.6 Å². The molecule has 0 N–H and O–H groups in total. The van der Waals surface area contributed by atoms with E-state index in [4.69, 9.17) is 0 Å². The summed E-state index contributed by atoms with van der Waals surface area (Å²) in [4.78, 5) is 20.1. The zero-order valence-corrected chi connectivity index (χ0v) is 12.3. The second-order valence-electron chi connectivity index (χ2n) is 4.98. The van der Waals surface area contributed by atoms with E-state index in [0.29, 0.717) is 38.4 Å². The molecule has 0 saturated carbocycles. The number of amides is 1. The first-order chi connectivity index (χ1) is 9.46. The molecule has 110 valence electrons. The van der Waals surface area contributed by atoms with Gasteiger partial charge in [0.15, 0.2) is 0 Å². The van der Waals surface area contributed by atoms with Gasteiger partial charge in [-0.15, -0.1) is 0 Å². The molecule has 0 spiro atoms. The smallest absolute Gasteiger partial charge is 0.272 e. The summed E-state index contributed by atoms with van der Waals surface area (Å²) in [5.74, 6) is 0.106. The van der Waals surface area contributed by atoms with Crippen LogP contribution in [0.15, 0.2) is 24.4 Å². The zero-order valence-electron chi connectivity index (χ0n) is 11.5. The van der Waals surface area contributed by atoms with Crippen molar-refractivity contribution in [3.63, 3.8) is 0 Å². The van der Waals surface area contributed by atoms with Crippen molar-refractivity contribution < 1.29 is 13.2 Å². The van der Waals surface area contributed by atoms with Crippen molar-refractivity contribution in [2.45, 2.75) is 0 Å². The zero-order chi connectivity index (χ0) is 14.6. The number of carbonyl (C=O) groups is 1. The van der Waals surface area contributed by atoms with E-state index >= 15 is 0 Å². The number of hydrogen-bond acceptors (Lipinski definition) is 5. The van der Waals surface area contributed by atoms with E-state index in [-0.39, 0.29) is 11.7 Å². The fraction of sp³-hybridized carbons (Fsp3) is 0.538. The number of hydrogen-bond donors (Lipinski definition) is 0. The van der Waals surface area contributed by atoms with Gasteiger partial charge in [-0.25, -0.2) is 8.42 Å². The number of sulfone groups is 1. The monoisotopic (exact) mass is 297 g/mol. The van der Waals surface area contributed by atoms with Gasteiger partial charge in [-0.2, -0.15) is 0 Å². The average Bonchev–Trinajstić information content (AvgIpc) is 2.45. The van der Waals surface area contributed by atoms with Gasteiger partial charge in [-0.1, -0.05) is 6.07 Å². The molecule has 1 aromatic rings. The Hall–Kier alpha value is -1.47. The standard InChI is InChI=1S/C13H19N3O3S/c1-20(18,19)11-10-15-6-8-16(9-7-15)13(17)12-4-2-3-5-14-12/h2-5H,6-11H2,1H3. The predicted octanol–water partition coefficient (Wildman–Crippen LogP) is -0.116. The van der Waals surface area contributed by atoms with E-state index in [0.717, 1.165) is 0 Å². The summed E-state index contributed by atoms with van der Waals surface area (Å²) in [6, 6.07) is 5.28. The van der Waals surface area contributed by atoms with Crippen LogP contribution in [0.5, 0.6) is 0 Å². The molecule has 1 amide bonds. The number of carbonyl (C=O) groups excluding carboxylic acids is 1. The van der Waals surface area contributed by atoms with Gasteiger partial charge in [-0.05, 0) is 12.1 Å². The van der Waals surface area contributed by atoms with Crippen LogP contribution in [0, 0.1) is 0 Å².